The normalized spacial score (nSPS) is 15.5. The summed E-state index contributed by atoms with van der Waals surface area (Å²) in [7, 11) is 0. The highest BCUT2D eigenvalue weighted by molar-refractivity contribution is 6.19. The lowest BCUT2D eigenvalue weighted by Gasteiger charge is -2.38. The molecular formula is C30H22F3N3O5. The molecule has 11 heteroatoms. The van der Waals surface area contributed by atoms with Gasteiger partial charge in [-0.15, -0.1) is 0 Å². The van der Waals surface area contributed by atoms with Crippen LogP contribution in [-0.4, -0.2) is 59.3 Å². The van der Waals surface area contributed by atoms with Crippen LogP contribution in [0.5, 0.6) is 0 Å². The van der Waals surface area contributed by atoms with E-state index in [2.05, 4.69) is 0 Å². The van der Waals surface area contributed by atoms with E-state index in [-0.39, 0.29) is 23.2 Å². The highest BCUT2D eigenvalue weighted by atomic mass is 19.1. The van der Waals surface area contributed by atoms with E-state index >= 15 is 4.39 Å². The highest BCUT2D eigenvalue weighted by Crippen LogP contribution is 2.32. The largest absolute Gasteiger partial charge is 0.477 e. The fourth-order valence-corrected chi connectivity index (χ4v) is 5.34. The van der Waals surface area contributed by atoms with E-state index in [4.69, 9.17) is 4.74 Å². The van der Waals surface area contributed by atoms with E-state index in [9.17, 15) is 28.3 Å². The van der Waals surface area contributed by atoms with Gasteiger partial charge in [0.25, 0.3) is 0 Å². The molecule has 41 heavy (non-hydrogen) atoms. The number of fused-ring (bicyclic) bond motifs is 1. The number of esters is 1. The number of aromatic carboxylic acids is 1. The van der Waals surface area contributed by atoms with E-state index in [1.807, 2.05) is 4.90 Å². The lowest BCUT2D eigenvalue weighted by Crippen LogP contribution is -2.46. The van der Waals surface area contributed by atoms with E-state index < -0.39 is 40.4 Å². The van der Waals surface area contributed by atoms with Gasteiger partial charge in [-0.1, -0.05) is 12.1 Å². The Bertz CT molecular complexity index is 1810. The van der Waals surface area contributed by atoms with Crippen molar-refractivity contribution in [2.45, 2.75) is 0 Å². The second-order valence-corrected chi connectivity index (χ2v) is 9.73. The first-order chi connectivity index (χ1) is 19.7. The number of hydrogen-bond donors (Lipinski definition) is 1. The first-order valence-electron chi connectivity index (χ1n) is 12.8. The molecule has 0 bridgehead atoms. The van der Waals surface area contributed by atoms with Crippen LogP contribution in [0.25, 0.3) is 22.2 Å². The Labute approximate surface area is 231 Å². The van der Waals surface area contributed by atoms with Crippen molar-refractivity contribution in [1.29, 1.82) is 0 Å². The van der Waals surface area contributed by atoms with Crippen LogP contribution in [0.1, 0.15) is 15.9 Å². The number of benzene rings is 3. The standard InChI is InChI=1S/C30H22F3N3O5/c31-18-4-6-20(7-5-18)36-15-22(29(38)39)28(37)21-13-23(33)25(14-24(21)36)34-8-10-35(11-9-34)26-16-41-30(40)27(26)17-2-1-3-19(32)12-17/h1-7,12-15H,8-11,16H2,(H,38,39). The second kappa shape index (κ2) is 10.2. The first kappa shape index (κ1) is 26.2. The molecule has 0 unspecified atom stereocenters. The number of halogens is 3. The summed E-state index contributed by atoms with van der Waals surface area (Å²) in [5.41, 5.74) is 0.832. The minimum Gasteiger partial charge on any atom is -0.477 e. The molecule has 2 aliphatic heterocycles. The summed E-state index contributed by atoms with van der Waals surface area (Å²) >= 11 is 0. The number of cyclic esters (lactones) is 1. The number of ether oxygens (including phenoxy) is 1. The summed E-state index contributed by atoms with van der Waals surface area (Å²) in [6, 6.07) is 13.5. The first-order valence-corrected chi connectivity index (χ1v) is 12.8. The van der Waals surface area contributed by atoms with Gasteiger partial charge >= 0.3 is 11.9 Å². The zero-order chi connectivity index (χ0) is 28.8. The van der Waals surface area contributed by atoms with Crippen molar-refractivity contribution >= 4 is 34.1 Å². The third-order valence-electron chi connectivity index (χ3n) is 7.36. The Morgan fingerprint density at radius 2 is 1.56 bits per heavy atom. The van der Waals surface area contributed by atoms with Crippen LogP contribution in [0, 0.1) is 17.5 Å². The van der Waals surface area contributed by atoms with Gasteiger partial charge < -0.3 is 24.2 Å². The molecule has 0 radical (unpaired) electrons. The maximum absolute atomic E-state index is 15.5. The lowest BCUT2D eigenvalue weighted by atomic mass is 10.0. The number of piperazine rings is 1. The third-order valence-corrected chi connectivity index (χ3v) is 7.36. The van der Waals surface area contributed by atoms with Crippen molar-refractivity contribution in [3.63, 3.8) is 0 Å². The summed E-state index contributed by atoms with van der Waals surface area (Å²) in [5.74, 6) is -3.66. The van der Waals surface area contributed by atoms with Crippen molar-refractivity contribution in [2.75, 3.05) is 37.7 Å². The van der Waals surface area contributed by atoms with Crippen molar-refractivity contribution in [1.82, 2.24) is 9.47 Å². The number of carbonyl (C=O) groups is 2. The molecule has 2 aliphatic rings. The summed E-state index contributed by atoms with van der Waals surface area (Å²) in [4.78, 5) is 40.9. The zero-order valence-electron chi connectivity index (χ0n) is 21.4. The van der Waals surface area contributed by atoms with Crippen LogP contribution in [0.4, 0.5) is 18.9 Å². The van der Waals surface area contributed by atoms with Crippen molar-refractivity contribution < 1.29 is 32.6 Å². The van der Waals surface area contributed by atoms with Crippen LogP contribution in [-0.2, 0) is 9.53 Å². The van der Waals surface area contributed by atoms with Gasteiger partial charge in [-0.25, -0.2) is 22.8 Å². The number of carbonyl (C=O) groups excluding carboxylic acids is 1. The number of anilines is 1. The molecule has 8 nitrogen and oxygen atoms in total. The van der Waals surface area contributed by atoms with Crippen LogP contribution in [0.3, 0.4) is 0 Å². The quantitative estimate of drug-likeness (QED) is 0.366. The summed E-state index contributed by atoms with van der Waals surface area (Å²) < 4.78 is 49.6. The molecule has 0 aliphatic carbocycles. The molecule has 1 N–H and O–H groups in total. The van der Waals surface area contributed by atoms with Gasteiger partial charge in [0.05, 0.1) is 22.5 Å². The lowest BCUT2D eigenvalue weighted by molar-refractivity contribution is -0.134. The van der Waals surface area contributed by atoms with E-state index in [1.165, 1.54) is 53.1 Å². The topological polar surface area (TPSA) is 92.1 Å². The van der Waals surface area contributed by atoms with E-state index in [1.54, 1.807) is 11.0 Å². The molecule has 1 aromatic heterocycles. The number of hydrogen-bond acceptors (Lipinski definition) is 6. The third kappa shape index (κ3) is 4.69. The van der Waals surface area contributed by atoms with Gasteiger partial charge in [-0.2, -0.15) is 0 Å². The number of carboxylic acid groups (broad SMARTS) is 1. The van der Waals surface area contributed by atoms with Crippen molar-refractivity contribution in [2.24, 2.45) is 0 Å². The predicted molar refractivity (Wildman–Crippen MR) is 144 cm³/mol. The van der Waals surface area contributed by atoms with Gasteiger partial charge in [0, 0.05) is 43.4 Å². The van der Waals surface area contributed by atoms with Crippen molar-refractivity contribution in [3.05, 3.63) is 111 Å². The molecule has 4 aromatic rings. The Morgan fingerprint density at radius 1 is 0.854 bits per heavy atom. The van der Waals surface area contributed by atoms with Crippen LogP contribution in [0.2, 0.25) is 0 Å². The van der Waals surface area contributed by atoms with Gasteiger partial charge in [0.1, 0.15) is 29.6 Å². The fraction of sp³-hybridized carbons (Fsp3) is 0.167. The number of carboxylic acids is 1. The maximum Gasteiger partial charge on any atom is 0.341 e. The van der Waals surface area contributed by atoms with Gasteiger partial charge in [-0.05, 0) is 54.1 Å². The molecule has 1 fully saturated rings. The minimum atomic E-state index is -1.46. The average molecular weight is 562 g/mol. The predicted octanol–water partition coefficient (Wildman–Crippen LogP) is 4.20. The number of nitrogens with zero attached hydrogens (tertiary/aromatic N) is 3. The summed E-state index contributed by atoms with van der Waals surface area (Å²) in [6.45, 7) is 1.57. The van der Waals surface area contributed by atoms with Crippen LogP contribution in [0.15, 0.2) is 77.4 Å². The maximum atomic E-state index is 15.5. The monoisotopic (exact) mass is 561 g/mol. The Kier molecular flexibility index (Phi) is 6.49. The molecule has 6 rings (SSSR count). The number of pyridine rings is 1. The molecule has 0 atom stereocenters. The molecule has 0 amide bonds. The number of rotatable bonds is 5. The Hall–Kier alpha value is -5.06. The molecule has 3 aromatic carbocycles. The van der Waals surface area contributed by atoms with Gasteiger partial charge in [-0.3, -0.25) is 4.79 Å². The van der Waals surface area contributed by atoms with Crippen LogP contribution < -0.4 is 10.3 Å². The van der Waals surface area contributed by atoms with Gasteiger partial charge in [0.2, 0.25) is 5.43 Å². The fourth-order valence-electron chi connectivity index (χ4n) is 5.34. The van der Waals surface area contributed by atoms with Crippen LogP contribution >= 0.6 is 0 Å². The second-order valence-electron chi connectivity index (χ2n) is 9.73. The van der Waals surface area contributed by atoms with E-state index in [0.29, 0.717) is 48.7 Å². The summed E-state index contributed by atoms with van der Waals surface area (Å²) in [5, 5.41) is 9.45. The molecule has 208 valence electrons. The molecule has 0 saturated carbocycles. The summed E-state index contributed by atoms with van der Waals surface area (Å²) in [6.07, 6.45) is 1.15. The van der Waals surface area contributed by atoms with E-state index in [0.717, 1.165) is 12.3 Å². The molecular weight excluding hydrogens is 539 g/mol. The average Bonchev–Trinajstić information content (AvgIpc) is 3.35. The molecule has 1 saturated heterocycles. The van der Waals surface area contributed by atoms with Crippen molar-refractivity contribution in [3.8, 4) is 5.69 Å². The molecule has 3 heterocycles. The van der Waals surface area contributed by atoms with Gasteiger partial charge in [0.15, 0.2) is 0 Å². The smallest absolute Gasteiger partial charge is 0.341 e. The highest BCUT2D eigenvalue weighted by Gasteiger charge is 2.32. The Morgan fingerprint density at radius 3 is 2.24 bits per heavy atom. The Balaban J connectivity index is 1.36. The SMILES string of the molecule is O=C1OCC(N2CCN(c3cc4c(cc3F)c(=O)c(C(=O)O)cn4-c3ccc(F)cc3)CC2)=C1c1cccc(F)c1. The molecule has 0 spiro atoms. The number of aromatic nitrogens is 1. The minimum absolute atomic E-state index is 0.0465. The zero-order valence-corrected chi connectivity index (χ0v) is 21.4.